The van der Waals surface area contributed by atoms with Gasteiger partial charge in [-0.3, -0.25) is 9.59 Å². The molecule has 18 heteroatoms. The third kappa shape index (κ3) is 13.4. The summed E-state index contributed by atoms with van der Waals surface area (Å²) in [5.74, 6) is -5.39. The molecule has 3 fully saturated rings. The van der Waals surface area contributed by atoms with Gasteiger partial charge in [0.05, 0.1) is 24.7 Å². The van der Waals surface area contributed by atoms with Crippen LogP contribution in [0, 0.1) is 23.7 Å². The Hall–Kier alpha value is -5.79. The number of hydrogen-bond acceptors (Lipinski definition) is 16. The number of aromatic nitrogens is 2. The molecule has 3 aromatic rings. The number of benzene rings is 2. The summed E-state index contributed by atoms with van der Waals surface area (Å²) in [5.41, 5.74) is -0.773. The maximum absolute atomic E-state index is 14.8. The normalized spacial score (nSPS) is 32.8. The molecule has 0 unspecified atom stereocenters. The summed E-state index contributed by atoms with van der Waals surface area (Å²) in [5, 5.41) is 17.5. The molecule has 0 saturated carbocycles. The van der Waals surface area contributed by atoms with Crippen LogP contribution in [0.5, 0.6) is 0 Å². The first-order chi connectivity index (χ1) is 33.7. The predicted octanol–water partition coefficient (Wildman–Crippen LogP) is 6.29. The first kappa shape index (κ1) is 54.5. The van der Waals surface area contributed by atoms with Gasteiger partial charge in [0.15, 0.2) is 17.7 Å². The van der Waals surface area contributed by atoms with Crippen molar-refractivity contribution in [2.45, 2.75) is 141 Å². The van der Waals surface area contributed by atoms with Crippen LogP contribution in [0.1, 0.15) is 85.8 Å². The van der Waals surface area contributed by atoms with Crippen LogP contribution >= 0.6 is 0 Å². The van der Waals surface area contributed by atoms with Gasteiger partial charge in [-0.1, -0.05) is 94.4 Å². The van der Waals surface area contributed by atoms with E-state index in [1.165, 1.54) is 0 Å². The molecule has 3 aliphatic rings. The van der Waals surface area contributed by atoms with Gasteiger partial charge in [0.2, 0.25) is 0 Å². The average molecular weight is 986 g/mol. The van der Waals surface area contributed by atoms with E-state index in [2.05, 4.69) is 20.6 Å². The van der Waals surface area contributed by atoms with Crippen molar-refractivity contribution in [3.63, 3.8) is 0 Å². The SMILES string of the molecule is CC[C@H]1OC(=O)[C@H](C)[C@@H](OC(=O)COCc2ccccc2)[C@H](C)[C@@H](O[C@@H]2O[C@H](C)C[C@H](N(C)C)[C@H]2O)[C@](C)(OC(=O)NCC=Cc2ccc(-c3ncccn3)cc2)C[C@@H](C)C(=O)[C@H](C)[C@H]2NC(=O)O[C@@]21C. The van der Waals surface area contributed by atoms with Crippen molar-refractivity contribution in [2.24, 2.45) is 23.7 Å². The number of ketones is 1. The van der Waals surface area contributed by atoms with Gasteiger partial charge in [0, 0.05) is 48.3 Å². The number of nitrogens with one attached hydrogen (secondary N) is 2. The predicted molar refractivity (Wildman–Crippen MR) is 261 cm³/mol. The van der Waals surface area contributed by atoms with E-state index < -0.39 is 114 Å². The number of carbonyl (C=O) groups excluding carboxylic acids is 5. The highest BCUT2D eigenvalue weighted by atomic mass is 16.7. The van der Waals surface area contributed by atoms with Gasteiger partial charge in [0.25, 0.3) is 0 Å². The highest BCUT2D eigenvalue weighted by Crippen LogP contribution is 2.42. The lowest BCUT2D eigenvalue weighted by atomic mass is 9.73. The van der Waals surface area contributed by atoms with E-state index >= 15 is 0 Å². The van der Waals surface area contributed by atoms with Crippen LogP contribution in [0.4, 0.5) is 9.59 Å². The third-order valence-electron chi connectivity index (χ3n) is 14.0. The van der Waals surface area contributed by atoms with Crippen LogP contribution in [0.2, 0.25) is 0 Å². The number of likely N-dealkylation sites (N-methyl/N-ethyl adjacent to an activating group) is 1. The lowest BCUT2D eigenvalue weighted by Crippen LogP contribution is -2.61. The summed E-state index contributed by atoms with van der Waals surface area (Å²) in [6.07, 6.45) is -0.941. The zero-order chi connectivity index (χ0) is 51.6. The topological polar surface area (TPSA) is 223 Å². The molecule has 4 heterocycles. The fourth-order valence-corrected chi connectivity index (χ4v) is 10.2. The first-order valence-corrected chi connectivity index (χ1v) is 24.5. The van der Waals surface area contributed by atoms with Gasteiger partial charge in [-0.05, 0) is 78.2 Å². The number of ether oxygens (including phenoxy) is 7. The summed E-state index contributed by atoms with van der Waals surface area (Å²) in [6, 6.07) is 17.2. The molecule has 0 radical (unpaired) electrons. The minimum atomic E-state index is -1.79. The number of hydrogen-bond donors (Lipinski definition) is 3. The molecule has 3 N–H and O–H groups in total. The molecule has 3 saturated heterocycles. The van der Waals surface area contributed by atoms with Crippen molar-refractivity contribution in [3.05, 3.63) is 90.3 Å². The molecule has 6 rings (SSSR count). The highest BCUT2D eigenvalue weighted by molar-refractivity contribution is 5.85. The summed E-state index contributed by atoms with van der Waals surface area (Å²) < 4.78 is 43.7. The van der Waals surface area contributed by atoms with Crippen LogP contribution in [0.15, 0.2) is 79.1 Å². The van der Waals surface area contributed by atoms with Crippen molar-refractivity contribution < 1.29 is 62.2 Å². The van der Waals surface area contributed by atoms with Gasteiger partial charge < -0.3 is 53.8 Å². The first-order valence-electron chi connectivity index (χ1n) is 24.5. The minimum absolute atomic E-state index is 0.0299. The zero-order valence-electron chi connectivity index (χ0n) is 42.4. The number of amides is 2. The molecule has 2 aromatic carbocycles. The molecule has 14 atom stereocenters. The Bertz CT molecular complexity index is 2300. The van der Waals surface area contributed by atoms with Gasteiger partial charge in [0.1, 0.15) is 42.4 Å². The molecular weight excluding hydrogens is 915 g/mol. The number of rotatable bonds is 14. The second kappa shape index (κ2) is 24.1. The number of carbonyl (C=O) groups is 5. The van der Waals surface area contributed by atoms with E-state index in [1.807, 2.05) is 86.6 Å². The lowest BCUT2D eigenvalue weighted by molar-refractivity contribution is -0.298. The summed E-state index contributed by atoms with van der Waals surface area (Å²) >= 11 is 0. The number of aliphatic hydroxyl groups excluding tert-OH is 1. The van der Waals surface area contributed by atoms with E-state index in [1.54, 1.807) is 73.0 Å². The van der Waals surface area contributed by atoms with Crippen molar-refractivity contribution >= 4 is 36.0 Å². The number of nitrogens with zero attached hydrogens (tertiary/aromatic N) is 3. The standard InChI is InChI=1S/C53H71N5O13/c1-11-40-53(8)45(57-51(64)71-53)33(4)42(60)31(2)28-52(7,70-50(63)56-24-15-19-36-20-22-38(23-21-36)47-54-25-16-26-55-47)46(69-49-43(61)39(58(9)10)27-32(3)66-49)34(5)44(35(6)48(62)67-40)68-41(59)30-65-29-37-17-13-12-14-18-37/h12-23,25-26,31-35,39-40,43-46,49,61H,11,24,27-30H2,1-10H3,(H,56,63)(H,57,64)/t31-,32-,33+,34+,35-,39+,40-,43-,44+,45-,46-,49+,52-,53-/m1/s1. The largest absolute Gasteiger partial charge is 0.459 e. The average Bonchev–Trinajstić information content (AvgIpc) is 3.66. The Morgan fingerprint density at radius 3 is 2.31 bits per heavy atom. The fourth-order valence-electron chi connectivity index (χ4n) is 10.2. The Morgan fingerprint density at radius 1 is 0.958 bits per heavy atom. The Kier molecular flexibility index (Phi) is 18.5. The molecular formula is C53H71N5O13. The quantitative estimate of drug-likeness (QED) is 0.119. The van der Waals surface area contributed by atoms with Crippen LogP contribution in [0.25, 0.3) is 17.5 Å². The van der Waals surface area contributed by atoms with Crippen molar-refractivity contribution in [1.82, 2.24) is 25.5 Å². The van der Waals surface area contributed by atoms with E-state index in [-0.39, 0.29) is 31.8 Å². The van der Waals surface area contributed by atoms with E-state index in [0.29, 0.717) is 12.2 Å². The van der Waals surface area contributed by atoms with Crippen LogP contribution < -0.4 is 10.6 Å². The molecule has 71 heavy (non-hydrogen) atoms. The van der Waals surface area contributed by atoms with Crippen molar-refractivity contribution in [3.8, 4) is 11.4 Å². The second-order valence-corrected chi connectivity index (χ2v) is 19.7. The number of cyclic esters (lactones) is 1. The third-order valence-corrected chi connectivity index (χ3v) is 14.0. The zero-order valence-corrected chi connectivity index (χ0v) is 42.4. The second-order valence-electron chi connectivity index (χ2n) is 19.7. The van der Waals surface area contributed by atoms with Crippen molar-refractivity contribution in [1.29, 1.82) is 0 Å². The molecule has 0 spiro atoms. The molecule has 2 amide bonds. The van der Waals surface area contributed by atoms with Gasteiger partial charge in [-0.15, -0.1) is 0 Å². The Labute approximate surface area is 416 Å². The van der Waals surface area contributed by atoms with E-state index in [9.17, 15) is 29.1 Å². The summed E-state index contributed by atoms with van der Waals surface area (Å²) in [7, 11) is 3.66. The number of aliphatic hydroxyl groups is 1. The molecule has 3 aliphatic heterocycles. The maximum Gasteiger partial charge on any atom is 0.408 e. The Morgan fingerprint density at radius 2 is 1.65 bits per heavy atom. The molecule has 1 aromatic heterocycles. The van der Waals surface area contributed by atoms with Gasteiger partial charge in [-0.25, -0.2) is 24.4 Å². The van der Waals surface area contributed by atoms with Crippen LogP contribution in [-0.4, -0.2) is 137 Å². The van der Waals surface area contributed by atoms with Crippen molar-refractivity contribution in [2.75, 3.05) is 27.2 Å². The molecule has 0 aliphatic carbocycles. The monoisotopic (exact) mass is 986 g/mol. The number of Topliss-reactive ketones (excluding diaryl/α,β-unsaturated/α-hetero) is 1. The summed E-state index contributed by atoms with van der Waals surface area (Å²) in [6.45, 7) is 13.1. The number of fused-ring (bicyclic) bond motifs is 1. The Balaban J connectivity index is 1.38. The lowest BCUT2D eigenvalue weighted by Gasteiger charge is -2.48. The van der Waals surface area contributed by atoms with Crippen LogP contribution in [-0.2, 0) is 54.1 Å². The van der Waals surface area contributed by atoms with E-state index in [0.717, 1.165) is 16.7 Å². The smallest absolute Gasteiger partial charge is 0.408 e. The minimum Gasteiger partial charge on any atom is -0.459 e. The van der Waals surface area contributed by atoms with E-state index in [4.69, 9.17) is 33.2 Å². The van der Waals surface area contributed by atoms with Crippen LogP contribution in [0.3, 0.4) is 0 Å². The fraction of sp³-hybridized carbons (Fsp3) is 0.566. The molecule has 0 bridgehead atoms. The highest BCUT2D eigenvalue weighted by Gasteiger charge is 2.58. The molecule has 18 nitrogen and oxygen atoms in total. The summed E-state index contributed by atoms with van der Waals surface area (Å²) in [4.78, 5) is 81.0. The van der Waals surface area contributed by atoms with Gasteiger partial charge >= 0.3 is 24.1 Å². The maximum atomic E-state index is 14.8. The van der Waals surface area contributed by atoms with Gasteiger partial charge in [-0.2, -0.15) is 0 Å². The number of esters is 2. The molecule has 386 valence electrons. The number of alkyl carbamates (subject to hydrolysis) is 2.